The van der Waals surface area contributed by atoms with Crippen molar-refractivity contribution >= 4 is 28.4 Å². The maximum absolute atomic E-state index is 3.06. The summed E-state index contributed by atoms with van der Waals surface area (Å²) in [5, 5.41) is 5.49. The van der Waals surface area contributed by atoms with E-state index in [2.05, 4.69) is 152 Å². The van der Waals surface area contributed by atoms with Gasteiger partial charge in [-0.25, -0.2) is 0 Å². The van der Waals surface area contributed by atoms with Gasteiger partial charge in [-0.1, -0.05) is 99.0 Å². The molecule has 6 rings (SSSR count). The molecular weight excluding hydrogens is 600 g/mol. The molecule has 6 aromatic carbocycles. The molecule has 0 spiro atoms. The summed E-state index contributed by atoms with van der Waals surface area (Å²) in [6, 6.07) is 35.5. The summed E-state index contributed by atoms with van der Waals surface area (Å²) in [4.78, 5) is 0. The predicted molar refractivity (Wildman–Crippen MR) is 186 cm³/mol. The molecule has 2 radical (unpaired) electrons. The summed E-state index contributed by atoms with van der Waals surface area (Å²) < 4.78 is 0. The van der Waals surface area contributed by atoms with Crippen molar-refractivity contribution in [1.82, 2.24) is 0 Å². The van der Waals surface area contributed by atoms with E-state index in [-0.39, 0.29) is 14.9 Å². The molecule has 0 aromatic heterocycles. The fourth-order valence-corrected chi connectivity index (χ4v) is 5.87. The molecule has 2 heteroatoms. The Labute approximate surface area is 272 Å². The Morgan fingerprint density at radius 1 is 0.619 bits per heavy atom. The molecule has 0 amide bonds. The zero-order valence-corrected chi connectivity index (χ0v) is 30.3. The van der Waals surface area contributed by atoms with E-state index in [1.165, 1.54) is 101 Å². The van der Waals surface area contributed by atoms with Crippen LogP contribution in [0.4, 0.5) is 0 Å². The summed E-state index contributed by atoms with van der Waals surface area (Å²) in [6.07, 6.45) is 0. The number of benzene rings is 4. The minimum atomic E-state index is 0. The van der Waals surface area contributed by atoms with E-state index in [4.69, 9.17) is 0 Å². The average molecular weight is 644 g/mol. The van der Waals surface area contributed by atoms with Crippen molar-refractivity contribution in [3.63, 3.8) is 0 Å². The van der Waals surface area contributed by atoms with E-state index in [9.17, 15) is 0 Å². The van der Waals surface area contributed by atoms with Gasteiger partial charge in [0.05, 0.1) is 0 Å². The summed E-state index contributed by atoms with van der Waals surface area (Å²) in [5.74, 6) is 0.584. The molecule has 0 unspecified atom stereocenters. The third-order valence-corrected chi connectivity index (χ3v) is 7.72. The van der Waals surface area contributed by atoms with Crippen LogP contribution in [0.1, 0.15) is 53.1 Å². The Morgan fingerprint density at radius 2 is 1.26 bits per heavy atom. The van der Waals surface area contributed by atoms with Crippen molar-refractivity contribution in [1.29, 1.82) is 0 Å². The van der Waals surface area contributed by atoms with Crippen LogP contribution in [0.15, 0.2) is 97.1 Å². The first-order valence-electron chi connectivity index (χ1n) is 14.0. The van der Waals surface area contributed by atoms with Gasteiger partial charge >= 0.3 is 30.2 Å². The van der Waals surface area contributed by atoms with Crippen LogP contribution in [0.3, 0.4) is 0 Å². The van der Waals surface area contributed by atoms with Gasteiger partial charge in [0.2, 0.25) is 0 Å². The zero-order chi connectivity index (χ0) is 29.0. The second-order valence-corrected chi connectivity index (χ2v) is 11.2. The Morgan fingerprint density at radius 3 is 1.88 bits per heavy atom. The summed E-state index contributed by atoms with van der Waals surface area (Å²) >= 11 is 1.36. The van der Waals surface area contributed by atoms with Crippen LogP contribution in [0, 0.1) is 49.5 Å². The molecule has 0 N–H and O–H groups in total. The fourth-order valence-electron chi connectivity index (χ4n) is 5.87. The molecule has 216 valence electrons. The van der Waals surface area contributed by atoms with Crippen molar-refractivity contribution in [2.45, 2.75) is 54.4 Å². The maximum atomic E-state index is 3.06. The number of fused-ring (bicyclic) bond motifs is 2. The summed E-state index contributed by atoms with van der Waals surface area (Å²) in [6.45, 7) is 18.5. The van der Waals surface area contributed by atoms with Gasteiger partial charge in [-0.15, -0.1) is 68.6 Å². The van der Waals surface area contributed by atoms with Crippen LogP contribution in [0.25, 0.3) is 43.8 Å². The van der Waals surface area contributed by atoms with Gasteiger partial charge in [-0.2, -0.15) is 12.1 Å². The number of rotatable bonds is 3. The van der Waals surface area contributed by atoms with Crippen LogP contribution in [0.2, 0.25) is 0 Å². The Kier molecular flexibility index (Phi) is 13.2. The van der Waals surface area contributed by atoms with Crippen LogP contribution < -0.4 is 0 Å². The topological polar surface area (TPSA) is 0 Å². The van der Waals surface area contributed by atoms with E-state index in [1.54, 1.807) is 0 Å². The first-order valence-corrected chi connectivity index (χ1v) is 18.2. The van der Waals surface area contributed by atoms with E-state index in [0.29, 0.717) is 5.92 Å². The SMILES string of the molecule is CC(C)c1cc2c(-c3ccccc3)cccc2[cH-]1.Cc1cc(C)c(-c2ccc(C)c3[cH-]c(C)cc23)c(C)c1.[CH3-].[CH3-].[Si]=[Zr]. The monoisotopic (exact) mass is 642 g/mol. The summed E-state index contributed by atoms with van der Waals surface area (Å²) in [7, 11) is 0. The minimum absolute atomic E-state index is 0. The van der Waals surface area contributed by atoms with E-state index < -0.39 is 0 Å². The molecule has 0 nitrogen and oxygen atoms in total. The van der Waals surface area contributed by atoms with Gasteiger partial charge in [-0.05, 0) is 48.9 Å². The van der Waals surface area contributed by atoms with Crippen LogP contribution in [-0.2, 0) is 23.3 Å². The van der Waals surface area contributed by atoms with Crippen molar-refractivity contribution < 1.29 is 23.3 Å². The van der Waals surface area contributed by atoms with Gasteiger partial charge in [0.25, 0.3) is 0 Å². The molecular formula is C40H44SiZr-4. The van der Waals surface area contributed by atoms with Crippen molar-refractivity contribution in [3.8, 4) is 22.3 Å². The molecule has 6 aromatic rings. The van der Waals surface area contributed by atoms with Crippen LogP contribution in [0.5, 0.6) is 0 Å². The fraction of sp³-hybridized carbons (Fsp3) is 0.200. The van der Waals surface area contributed by atoms with Crippen molar-refractivity contribution in [2.75, 3.05) is 0 Å². The zero-order valence-electron chi connectivity index (χ0n) is 26.8. The third-order valence-electron chi connectivity index (χ3n) is 7.72. The van der Waals surface area contributed by atoms with E-state index >= 15 is 0 Å². The molecule has 0 aliphatic heterocycles. The second kappa shape index (κ2) is 15.6. The second-order valence-electron chi connectivity index (χ2n) is 11.2. The quantitative estimate of drug-likeness (QED) is 0.133. The third kappa shape index (κ3) is 7.58. The summed E-state index contributed by atoms with van der Waals surface area (Å²) in [5.41, 5.74) is 13.6. The van der Waals surface area contributed by atoms with E-state index in [0.717, 1.165) is 0 Å². The molecule has 0 heterocycles. The van der Waals surface area contributed by atoms with Gasteiger partial charge in [0, 0.05) is 0 Å². The van der Waals surface area contributed by atoms with Gasteiger partial charge in [0.1, 0.15) is 0 Å². The Bertz CT molecular complexity index is 1720. The van der Waals surface area contributed by atoms with E-state index in [1.807, 2.05) is 0 Å². The van der Waals surface area contributed by atoms with Gasteiger partial charge in [0.15, 0.2) is 0 Å². The first kappa shape index (κ1) is 35.4. The predicted octanol–water partition coefficient (Wildman–Crippen LogP) is 11.6. The van der Waals surface area contributed by atoms with Crippen LogP contribution >= 0.6 is 0 Å². The molecule has 0 saturated heterocycles. The van der Waals surface area contributed by atoms with Gasteiger partial charge in [-0.3, -0.25) is 0 Å². The normalized spacial score (nSPS) is 10.3. The number of hydrogen-bond acceptors (Lipinski definition) is 0. The molecule has 0 fully saturated rings. The van der Waals surface area contributed by atoms with Crippen molar-refractivity contribution in [2.24, 2.45) is 0 Å². The molecule has 0 saturated carbocycles. The first-order chi connectivity index (χ1) is 19.2. The number of hydrogen-bond donors (Lipinski definition) is 0. The van der Waals surface area contributed by atoms with Crippen molar-refractivity contribution in [3.05, 3.63) is 145 Å². The standard InChI is InChI=1S/C20H21.C18H17.2CH3.Si.Zr/c1-12-8-15(4)20(16(5)9-12)17-7-6-14(3)18-10-13(2)11-19(17)18;1-13(2)16-11-15-9-6-10-17(18(15)12-16)14-7-4-3-5-8-14;;;;/h6-11H,1-5H3;3-13H,1-2H3;2*1H3;;/q4*-1;;. The molecule has 0 aliphatic carbocycles. The average Bonchev–Trinajstić information content (AvgIpc) is 3.56. The molecule has 0 aliphatic rings. The number of aryl methyl sites for hydroxylation is 5. The molecule has 0 atom stereocenters. The van der Waals surface area contributed by atoms with Crippen LogP contribution in [-0.4, -0.2) is 6.88 Å². The Balaban J connectivity index is 0.000000266. The molecule has 0 bridgehead atoms. The van der Waals surface area contributed by atoms with Gasteiger partial charge < -0.3 is 14.9 Å². The Hall–Kier alpha value is -2.80. The molecule has 42 heavy (non-hydrogen) atoms.